The van der Waals surface area contributed by atoms with Gasteiger partial charge in [-0.05, 0) is 17.7 Å². The van der Waals surface area contributed by atoms with Gasteiger partial charge in [0.15, 0.2) is 0 Å². The molecule has 6 heteroatoms. The van der Waals surface area contributed by atoms with Crippen LogP contribution in [0.5, 0.6) is 5.75 Å². The molecule has 19 heavy (non-hydrogen) atoms. The first-order chi connectivity index (χ1) is 9.28. The van der Waals surface area contributed by atoms with Crippen molar-refractivity contribution in [3.05, 3.63) is 29.8 Å². The van der Waals surface area contributed by atoms with Crippen LogP contribution in [0.4, 0.5) is 0 Å². The van der Waals surface area contributed by atoms with Gasteiger partial charge in [0, 0.05) is 11.5 Å². The summed E-state index contributed by atoms with van der Waals surface area (Å²) in [6.07, 6.45) is 1.63. The van der Waals surface area contributed by atoms with Crippen LogP contribution in [0.1, 0.15) is 12.0 Å². The molecule has 1 N–H and O–H groups in total. The van der Waals surface area contributed by atoms with Gasteiger partial charge in [-0.25, -0.2) is 5.43 Å². The molecule has 0 spiro atoms. The summed E-state index contributed by atoms with van der Waals surface area (Å²) in [6.45, 7) is 0. The highest BCUT2D eigenvalue weighted by atomic mass is 32.2. The van der Waals surface area contributed by atoms with Crippen LogP contribution in [-0.4, -0.2) is 29.7 Å². The number of thioether (sulfide) groups is 1. The molecule has 0 unspecified atom stereocenters. The lowest BCUT2D eigenvalue weighted by atomic mass is 10.2. The quantitative estimate of drug-likeness (QED) is 0.653. The van der Waals surface area contributed by atoms with Gasteiger partial charge in [-0.2, -0.15) is 22.1 Å². The van der Waals surface area contributed by atoms with Gasteiger partial charge < -0.3 is 4.74 Å². The summed E-state index contributed by atoms with van der Waals surface area (Å²) in [7, 11) is 0. The van der Waals surface area contributed by atoms with Crippen LogP contribution in [0.25, 0.3) is 0 Å². The van der Waals surface area contributed by atoms with Gasteiger partial charge >= 0.3 is 0 Å². The lowest BCUT2D eigenvalue weighted by Crippen LogP contribution is -2.31. The second kappa shape index (κ2) is 6.81. The van der Waals surface area contributed by atoms with Gasteiger partial charge in [0.1, 0.15) is 18.3 Å². The molecule has 1 amide bonds. The number of nitriles is 1. The first kappa shape index (κ1) is 13.4. The van der Waals surface area contributed by atoms with E-state index in [1.54, 1.807) is 6.07 Å². The summed E-state index contributed by atoms with van der Waals surface area (Å²) in [5.41, 5.74) is 3.11. The number of rotatable bonds is 5. The van der Waals surface area contributed by atoms with E-state index in [4.69, 9.17) is 10.00 Å². The van der Waals surface area contributed by atoms with E-state index < -0.39 is 5.91 Å². The van der Waals surface area contributed by atoms with E-state index in [-0.39, 0.29) is 6.42 Å². The molecule has 1 aromatic rings. The zero-order valence-electron chi connectivity index (χ0n) is 10.2. The van der Waals surface area contributed by atoms with Crippen molar-refractivity contribution in [2.45, 2.75) is 12.5 Å². The average molecular weight is 275 g/mol. The number of amides is 1. The number of benzene rings is 1. The molecule has 1 heterocycles. The van der Waals surface area contributed by atoms with Crippen molar-refractivity contribution < 1.29 is 9.53 Å². The number of hydrogen-bond acceptors (Lipinski definition) is 5. The number of carbonyl (C=O) groups is 1. The second-order valence-corrected chi connectivity index (χ2v) is 5.05. The Morgan fingerprint density at radius 3 is 3.16 bits per heavy atom. The van der Waals surface area contributed by atoms with E-state index in [0.717, 1.165) is 22.8 Å². The lowest BCUT2D eigenvalue weighted by Gasteiger charge is -2.25. The molecule has 1 fully saturated rings. The standard InChI is InChI=1S/C13H13N3O2S/c14-5-4-13(17)16-15-7-10-2-1-3-11(6-10)18-12-8-19-9-12/h1-3,6-7,12H,4,8-9H2,(H,16,17)/b15-7-. The summed E-state index contributed by atoms with van der Waals surface area (Å²) < 4.78 is 5.74. The third-order valence-corrected chi connectivity index (χ3v) is 3.63. The van der Waals surface area contributed by atoms with E-state index in [1.807, 2.05) is 36.0 Å². The highest BCUT2D eigenvalue weighted by Crippen LogP contribution is 2.24. The predicted octanol–water partition coefficient (Wildman–Crippen LogP) is 1.54. The Hall–Kier alpha value is -2.00. The summed E-state index contributed by atoms with van der Waals surface area (Å²) in [5, 5.41) is 12.1. The molecule has 5 nitrogen and oxygen atoms in total. The van der Waals surface area contributed by atoms with Gasteiger partial charge in [0.2, 0.25) is 0 Å². The first-order valence-electron chi connectivity index (χ1n) is 5.81. The van der Waals surface area contributed by atoms with Crippen LogP contribution in [0, 0.1) is 11.3 Å². The fourth-order valence-corrected chi connectivity index (χ4v) is 2.00. The molecule has 0 aromatic heterocycles. The summed E-state index contributed by atoms with van der Waals surface area (Å²) in [6, 6.07) is 9.25. The molecule has 0 radical (unpaired) electrons. The van der Waals surface area contributed by atoms with Crippen LogP contribution in [0.15, 0.2) is 29.4 Å². The number of hydrazone groups is 1. The molecular formula is C13H13N3O2S. The Labute approximate surface area is 115 Å². The molecule has 0 saturated carbocycles. The highest BCUT2D eigenvalue weighted by molar-refractivity contribution is 8.00. The van der Waals surface area contributed by atoms with Crippen LogP contribution in [-0.2, 0) is 4.79 Å². The largest absolute Gasteiger partial charge is 0.489 e. The van der Waals surface area contributed by atoms with Crippen LogP contribution in [0.2, 0.25) is 0 Å². The van der Waals surface area contributed by atoms with Crippen LogP contribution < -0.4 is 10.2 Å². The number of nitrogens with one attached hydrogen (secondary N) is 1. The Kier molecular flexibility index (Phi) is 4.81. The van der Waals surface area contributed by atoms with Crippen molar-refractivity contribution in [1.29, 1.82) is 5.26 Å². The molecule has 1 saturated heterocycles. The number of ether oxygens (including phenoxy) is 1. The van der Waals surface area contributed by atoms with Crippen LogP contribution >= 0.6 is 11.8 Å². The lowest BCUT2D eigenvalue weighted by molar-refractivity contribution is -0.120. The van der Waals surface area contributed by atoms with Crippen molar-refractivity contribution in [2.75, 3.05) is 11.5 Å². The Balaban J connectivity index is 1.89. The smallest absolute Gasteiger partial charge is 0.254 e. The van der Waals surface area contributed by atoms with E-state index in [9.17, 15) is 4.79 Å². The molecule has 1 aromatic carbocycles. The monoisotopic (exact) mass is 275 g/mol. The average Bonchev–Trinajstić information content (AvgIpc) is 2.35. The van der Waals surface area contributed by atoms with E-state index in [2.05, 4.69) is 10.5 Å². The zero-order chi connectivity index (χ0) is 13.5. The van der Waals surface area contributed by atoms with Gasteiger partial charge in [-0.3, -0.25) is 4.79 Å². The fraction of sp³-hybridized carbons (Fsp3) is 0.308. The Bertz CT molecular complexity index is 521. The predicted molar refractivity (Wildman–Crippen MR) is 74.1 cm³/mol. The Morgan fingerprint density at radius 1 is 1.63 bits per heavy atom. The minimum absolute atomic E-state index is 0.195. The molecule has 1 aliphatic rings. The number of nitrogens with zero attached hydrogens (tertiary/aromatic N) is 2. The normalized spacial score (nSPS) is 14.7. The Morgan fingerprint density at radius 2 is 2.47 bits per heavy atom. The minimum Gasteiger partial charge on any atom is -0.489 e. The van der Waals surface area contributed by atoms with E-state index in [0.29, 0.717) is 6.10 Å². The van der Waals surface area contributed by atoms with Crippen molar-refractivity contribution in [2.24, 2.45) is 5.10 Å². The molecule has 0 aliphatic carbocycles. The summed E-state index contributed by atoms with van der Waals surface area (Å²) >= 11 is 1.87. The van der Waals surface area contributed by atoms with Crippen molar-refractivity contribution >= 4 is 23.9 Å². The van der Waals surface area contributed by atoms with Gasteiger partial charge in [-0.15, -0.1) is 0 Å². The summed E-state index contributed by atoms with van der Waals surface area (Å²) in [4.78, 5) is 11.0. The molecule has 1 aliphatic heterocycles. The summed E-state index contributed by atoms with van der Waals surface area (Å²) in [5.74, 6) is 2.45. The second-order valence-electron chi connectivity index (χ2n) is 3.98. The number of carbonyl (C=O) groups excluding carboxylic acids is 1. The maximum atomic E-state index is 11.0. The van der Waals surface area contributed by atoms with Gasteiger partial charge in [0.05, 0.1) is 12.3 Å². The van der Waals surface area contributed by atoms with Gasteiger partial charge in [0.25, 0.3) is 5.91 Å². The molecule has 0 bridgehead atoms. The molecular weight excluding hydrogens is 262 g/mol. The minimum atomic E-state index is -0.419. The SMILES string of the molecule is N#CCC(=O)N/N=C\c1cccc(OC2CSC2)c1. The van der Waals surface area contributed by atoms with Crippen molar-refractivity contribution in [3.63, 3.8) is 0 Å². The third kappa shape index (κ3) is 4.30. The number of hydrogen-bond donors (Lipinski definition) is 1. The zero-order valence-corrected chi connectivity index (χ0v) is 11.0. The highest BCUT2D eigenvalue weighted by Gasteiger charge is 2.19. The van der Waals surface area contributed by atoms with E-state index >= 15 is 0 Å². The molecule has 2 rings (SSSR count). The maximum absolute atomic E-state index is 11.0. The fourth-order valence-electron chi connectivity index (χ4n) is 1.43. The van der Waals surface area contributed by atoms with E-state index in [1.165, 1.54) is 6.21 Å². The third-order valence-electron chi connectivity index (χ3n) is 2.41. The topological polar surface area (TPSA) is 74.5 Å². The van der Waals surface area contributed by atoms with Crippen LogP contribution in [0.3, 0.4) is 0 Å². The maximum Gasteiger partial charge on any atom is 0.254 e. The molecule has 98 valence electrons. The first-order valence-corrected chi connectivity index (χ1v) is 6.97. The van der Waals surface area contributed by atoms with Crippen molar-refractivity contribution in [1.82, 2.24) is 5.43 Å². The van der Waals surface area contributed by atoms with Gasteiger partial charge in [-0.1, -0.05) is 12.1 Å². The van der Waals surface area contributed by atoms with Crippen molar-refractivity contribution in [3.8, 4) is 11.8 Å². The molecule has 0 atom stereocenters.